The molecule has 2 heterocycles. The number of hydrogen-bond donors (Lipinski definition) is 2. The molecule has 2 aliphatic rings. The molecule has 1 aliphatic carbocycles. The van der Waals surface area contributed by atoms with Crippen molar-refractivity contribution in [2.75, 3.05) is 20.2 Å². The number of aromatic nitrogens is 1. The van der Waals surface area contributed by atoms with Crippen molar-refractivity contribution in [1.82, 2.24) is 15.2 Å². The second-order valence-corrected chi connectivity index (χ2v) is 6.55. The summed E-state index contributed by atoms with van der Waals surface area (Å²) in [6, 6.07) is 4.20. The summed E-state index contributed by atoms with van der Waals surface area (Å²) < 4.78 is 5.06. The van der Waals surface area contributed by atoms with Crippen LogP contribution >= 0.6 is 0 Å². The highest BCUT2D eigenvalue weighted by atomic mass is 16.5. The van der Waals surface area contributed by atoms with Crippen molar-refractivity contribution in [3.63, 3.8) is 0 Å². The van der Waals surface area contributed by atoms with Crippen LogP contribution in [0.4, 0.5) is 0 Å². The maximum absolute atomic E-state index is 11.9. The number of methoxy groups -OCH3 is 1. The summed E-state index contributed by atoms with van der Waals surface area (Å²) in [5.41, 5.74) is 1.15. The van der Waals surface area contributed by atoms with Gasteiger partial charge in [0.1, 0.15) is 6.10 Å². The zero-order valence-corrected chi connectivity index (χ0v) is 13.6. The molecule has 6 nitrogen and oxygen atoms in total. The van der Waals surface area contributed by atoms with Crippen molar-refractivity contribution in [1.29, 1.82) is 0 Å². The Kier molecular flexibility index (Phi) is 5.13. The first kappa shape index (κ1) is 16.2. The number of amides is 1. The average Bonchev–Trinajstić information content (AvgIpc) is 3.39. The summed E-state index contributed by atoms with van der Waals surface area (Å²) in [4.78, 5) is 18.5. The molecule has 2 N–H and O–H groups in total. The smallest absolute Gasteiger partial charge is 0.249 e. The molecular weight excluding hydrogens is 294 g/mol. The van der Waals surface area contributed by atoms with E-state index in [9.17, 15) is 9.90 Å². The first-order chi connectivity index (χ1) is 11.2. The highest BCUT2D eigenvalue weighted by Gasteiger charge is 2.32. The molecule has 0 spiro atoms. The van der Waals surface area contributed by atoms with E-state index in [-0.39, 0.29) is 11.8 Å². The second-order valence-electron chi connectivity index (χ2n) is 6.55. The largest absolute Gasteiger partial charge is 0.481 e. The summed E-state index contributed by atoms with van der Waals surface area (Å²) in [5, 5.41) is 13.1. The van der Waals surface area contributed by atoms with Crippen LogP contribution in [0.25, 0.3) is 0 Å². The first-order valence-electron chi connectivity index (χ1n) is 8.35. The van der Waals surface area contributed by atoms with Crippen LogP contribution < -0.4 is 10.1 Å². The molecule has 1 amide bonds. The van der Waals surface area contributed by atoms with Gasteiger partial charge in [-0.1, -0.05) is 6.07 Å². The monoisotopic (exact) mass is 319 g/mol. The number of nitrogens with zero attached hydrogens (tertiary/aromatic N) is 2. The summed E-state index contributed by atoms with van der Waals surface area (Å²) in [7, 11) is 1.61. The topological polar surface area (TPSA) is 74.7 Å². The molecule has 3 rings (SSSR count). The van der Waals surface area contributed by atoms with Crippen molar-refractivity contribution < 1.29 is 14.6 Å². The van der Waals surface area contributed by atoms with Gasteiger partial charge in [0.2, 0.25) is 11.8 Å². The summed E-state index contributed by atoms with van der Waals surface area (Å²) in [6.45, 7) is 2.63. The van der Waals surface area contributed by atoms with E-state index in [1.54, 1.807) is 7.11 Å². The normalized spacial score (nSPS) is 21.0. The Morgan fingerprint density at radius 3 is 2.70 bits per heavy atom. The molecule has 1 aromatic rings. The van der Waals surface area contributed by atoms with Gasteiger partial charge >= 0.3 is 0 Å². The van der Waals surface area contributed by atoms with Crippen molar-refractivity contribution in [3.05, 3.63) is 23.9 Å². The number of piperidine rings is 1. The molecule has 0 aromatic carbocycles. The lowest BCUT2D eigenvalue weighted by molar-refractivity contribution is -0.133. The third-order valence-corrected chi connectivity index (χ3v) is 4.68. The number of likely N-dealkylation sites (tertiary alicyclic amines) is 1. The molecule has 1 saturated heterocycles. The van der Waals surface area contributed by atoms with Crippen molar-refractivity contribution in [2.45, 2.75) is 44.4 Å². The average molecular weight is 319 g/mol. The quantitative estimate of drug-likeness (QED) is 0.816. The van der Waals surface area contributed by atoms with E-state index in [1.807, 2.05) is 18.3 Å². The van der Waals surface area contributed by atoms with Gasteiger partial charge in [0.05, 0.1) is 7.11 Å². The number of aliphatic hydroxyl groups excluding tert-OH is 1. The van der Waals surface area contributed by atoms with Crippen LogP contribution in [0, 0.1) is 5.92 Å². The fourth-order valence-corrected chi connectivity index (χ4v) is 3.04. The minimum absolute atomic E-state index is 0.0685. The summed E-state index contributed by atoms with van der Waals surface area (Å²) >= 11 is 0. The summed E-state index contributed by atoms with van der Waals surface area (Å²) in [6.07, 6.45) is 4.77. The molecule has 1 aliphatic heterocycles. The van der Waals surface area contributed by atoms with Crippen molar-refractivity contribution >= 4 is 5.91 Å². The Hall–Kier alpha value is -1.66. The van der Waals surface area contributed by atoms with Crippen LogP contribution in [0.3, 0.4) is 0 Å². The predicted molar refractivity (Wildman–Crippen MR) is 86.0 cm³/mol. The van der Waals surface area contributed by atoms with E-state index in [1.165, 1.54) is 0 Å². The van der Waals surface area contributed by atoms with E-state index >= 15 is 0 Å². The van der Waals surface area contributed by atoms with E-state index < -0.39 is 6.10 Å². The van der Waals surface area contributed by atoms with Crippen LogP contribution in [0.1, 0.15) is 31.2 Å². The molecular formula is C17H25N3O3. The van der Waals surface area contributed by atoms with Gasteiger partial charge in [0, 0.05) is 24.8 Å². The third kappa shape index (κ3) is 4.42. The number of carbonyl (C=O) groups is 1. The van der Waals surface area contributed by atoms with E-state index in [0.29, 0.717) is 11.9 Å². The molecule has 1 aromatic heterocycles. The van der Waals surface area contributed by atoms with Crippen LogP contribution in [-0.2, 0) is 11.3 Å². The second kappa shape index (κ2) is 7.27. The number of carbonyl (C=O) groups excluding carboxylic acids is 1. The standard InChI is InChI=1S/C17H25N3O3/c1-23-15-5-2-12(10-18-15)11-20-8-6-13(7-9-20)16(21)17(22)19-14-3-4-14/h2,5,10,13-14,16,21H,3-4,6-9,11H2,1H3,(H,19,22)/t16-/m1/s1. The molecule has 1 atom stereocenters. The zero-order chi connectivity index (χ0) is 16.2. The van der Waals surface area contributed by atoms with Crippen LogP contribution in [-0.4, -0.2) is 53.2 Å². The lowest BCUT2D eigenvalue weighted by Crippen LogP contribution is -2.44. The predicted octanol–water partition coefficient (Wildman–Crippen LogP) is 0.942. The first-order valence-corrected chi connectivity index (χ1v) is 8.35. The minimum Gasteiger partial charge on any atom is -0.481 e. The van der Waals surface area contributed by atoms with E-state index in [0.717, 1.165) is 50.9 Å². The third-order valence-electron chi connectivity index (χ3n) is 4.68. The van der Waals surface area contributed by atoms with Gasteiger partial charge in [0.15, 0.2) is 0 Å². The maximum Gasteiger partial charge on any atom is 0.249 e. The Morgan fingerprint density at radius 2 is 2.13 bits per heavy atom. The number of ether oxygens (including phenoxy) is 1. The van der Waals surface area contributed by atoms with E-state index in [2.05, 4.69) is 15.2 Å². The molecule has 0 unspecified atom stereocenters. The van der Waals surface area contributed by atoms with Gasteiger partial charge in [-0.15, -0.1) is 0 Å². The van der Waals surface area contributed by atoms with Gasteiger partial charge in [-0.25, -0.2) is 4.98 Å². The van der Waals surface area contributed by atoms with Crippen molar-refractivity contribution in [2.24, 2.45) is 5.92 Å². The lowest BCUT2D eigenvalue weighted by atomic mass is 9.90. The Balaban J connectivity index is 1.44. The Bertz CT molecular complexity index is 522. The summed E-state index contributed by atoms with van der Waals surface area (Å²) in [5.74, 6) is 0.501. The Labute approximate surface area is 136 Å². The number of nitrogens with one attached hydrogen (secondary N) is 1. The number of rotatable bonds is 6. The fourth-order valence-electron chi connectivity index (χ4n) is 3.04. The van der Waals surface area contributed by atoms with E-state index in [4.69, 9.17) is 4.74 Å². The number of aliphatic hydroxyl groups is 1. The Morgan fingerprint density at radius 1 is 1.39 bits per heavy atom. The zero-order valence-electron chi connectivity index (χ0n) is 13.6. The molecule has 23 heavy (non-hydrogen) atoms. The number of pyridine rings is 1. The van der Waals surface area contributed by atoms with Gasteiger partial charge in [-0.05, 0) is 50.3 Å². The van der Waals surface area contributed by atoms with Gasteiger partial charge in [-0.2, -0.15) is 0 Å². The molecule has 0 bridgehead atoms. The fraction of sp³-hybridized carbons (Fsp3) is 0.647. The molecule has 6 heteroatoms. The van der Waals surface area contributed by atoms with Gasteiger partial charge in [0.25, 0.3) is 0 Å². The van der Waals surface area contributed by atoms with Gasteiger partial charge in [-0.3, -0.25) is 9.69 Å². The van der Waals surface area contributed by atoms with Crippen molar-refractivity contribution in [3.8, 4) is 5.88 Å². The molecule has 0 radical (unpaired) electrons. The molecule has 126 valence electrons. The number of hydrogen-bond acceptors (Lipinski definition) is 5. The van der Waals surface area contributed by atoms with Crippen LogP contribution in [0.2, 0.25) is 0 Å². The molecule has 2 fully saturated rings. The van der Waals surface area contributed by atoms with Crippen LogP contribution in [0.15, 0.2) is 18.3 Å². The van der Waals surface area contributed by atoms with Crippen LogP contribution in [0.5, 0.6) is 5.88 Å². The highest BCUT2D eigenvalue weighted by Crippen LogP contribution is 2.24. The van der Waals surface area contributed by atoms with Gasteiger partial charge < -0.3 is 15.2 Å². The molecule has 1 saturated carbocycles. The lowest BCUT2D eigenvalue weighted by Gasteiger charge is -2.33. The SMILES string of the molecule is COc1ccc(CN2CCC([C@@H](O)C(=O)NC3CC3)CC2)cn1. The maximum atomic E-state index is 11.9. The highest BCUT2D eigenvalue weighted by molar-refractivity contribution is 5.81. The minimum atomic E-state index is -0.861.